The first-order valence-corrected chi connectivity index (χ1v) is 8.29. The topological polar surface area (TPSA) is 55.1 Å². The zero-order chi connectivity index (χ0) is 15.6. The quantitative estimate of drug-likeness (QED) is 0.745. The van der Waals surface area contributed by atoms with Crippen molar-refractivity contribution < 1.29 is 0 Å². The van der Waals surface area contributed by atoms with Crippen LogP contribution in [-0.4, -0.2) is 27.4 Å². The van der Waals surface area contributed by atoms with Crippen molar-refractivity contribution in [3.8, 4) is 0 Å². The molecular weight excluding hydrogens is 285 g/mol. The third kappa shape index (κ3) is 2.81. The van der Waals surface area contributed by atoms with Crippen LogP contribution in [0.5, 0.6) is 0 Å². The second-order valence-electron chi connectivity index (χ2n) is 6.33. The summed E-state index contributed by atoms with van der Waals surface area (Å²) in [7, 11) is 2.07. The molecule has 0 saturated heterocycles. The summed E-state index contributed by atoms with van der Waals surface area (Å²) in [6.07, 6.45) is 10.7. The Balaban J connectivity index is 1.68. The smallest absolute Gasteiger partial charge is 0.151 e. The molecule has 4 rings (SSSR count). The van der Waals surface area contributed by atoms with Gasteiger partial charge in [-0.15, -0.1) is 0 Å². The average molecular weight is 305 g/mol. The standard InChI is InChI=1S/C17H20BN5/c18-14-11-21-23-16(20-10-12-4-3-7-19-9-12)8-15(22-17(14)23)13-5-1-2-6-13/h3-4,7-9,11,13,20H,1-2,5-6,10,18H2. The van der Waals surface area contributed by atoms with Gasteiger partial charge < -0.3 is 5.32 Å². The number of nitrogens with zero attached hydrogens (tertiary/aromatic N) is 4. The Labute approximate surface area is 136 Å². The molecule has 0 aromatic carbocycles. The molecular formula is C17H20BN5. The summed E-state index contributed by atoms with van der Waals surface area (Å²) in [4.78, 5) is 9.05. The maximum atomic E-state index is 4.88. The molecule has 1 aliphatic carbocycles. The van der Waals surface area contributed by atoms with Crippen molar-refractivity contribution in [3.63, 3.8) is 0 Å². The summed E-state index contributed by atoms with van der Waals surface area (Å²) in [6, 6.07) is 6.21. The van der Waals surface area contributed by atoms with Gasteiger partial charge in [-0.3, -0.25) is 4.98 Å². The lowest BCUT2D eigenvalue weighted by molar-refractivity contribution is 0.695. The van der Waals surface area contributed by atoms with Crippen LogP contribution in [0, 0.1) is 0 Å². The van der Waals surface area contributed by atoms with E-state index < -0.39 is 0 Å². The molecule has 0 atom stereocenters. The monoisotopic (exact) mass is 305 g/mol. The number of aromatic nitrogens is 4. The minimum absolute atomic E-state index is 0.591. The molecule has 0 spiro atoms. The van der Waals surface area contributed by atoms with Crippen LogP contribution in [0.1, 0.15) is 42.9 Å². The summed E-state index contributed by atoms with van der Waals surface area (Å²) >= 11 is 0. The molecule has 1 aliphatic rings. The second kappa shape index (κ2) is 6.03. The molecule has 1 N–H and O–H groups in total. The van der Waals surface area contributed by atoms with E-state index in [1.54, 1.807) is 6.20 Å². The van der Waals surface area contributed by atoms with Crippen molar-refractivity contribution >= 4 is 24.8 Å². The molecule has 3 aromatic heterocycles. The van der Waals surface area contributed by atoms with Gasteiger partial charge in [0.1, 0.15) is 13.7 Å². The highest BCUT2D eigenvalue weighted by Gasteiger charge is 2.20. The maximum absolute atomic E-state index is 4.88. The van der Waals surface area contributed by atoms with Gasteiger partial charge in [0, 0.05) is 42.8 Å². The fourth-order valence-corrected chi connectivity index (χ4v) is 3.34. The van der Waals surface area contributed by atoms with Crippen molar-refractivity contribution in [1.29, 1.82) is 0 Å². The van der Waals surface area contributed by atoms with Gasteiger partial charge in [-0.2, -0.15) is 9.61 Å². The van der Waals surface area contributed by atoms with E-state index in [9.17, 15) is 0 Å². The molecule has 23 heavy (non-hydrogen) atoms. The summed E-state index contributed by atoms with van der Waals surface area (Å²) in [5, 5.41) is 7.98. The van der Waals surface area contributed by atoms with E-state index in [1.165, 1.54) is 31.4 Å². The molecule has 116 valence electrons. The molecule has 0 unspecified atom stereocenters. The van der Waals surface area contributed by atoms with E-state index in [1.807, 2.05) is 23.0 Å². The number of fused-ring (bicyclic) bond motifs is 1. The molecule has 0 amide bonds. The van der Waals surface area contributed by atoms with Crippen molar-refractivity contribution in [3.05, 3.63) is 48.0 Å². The highest BCUT2D eigenvalue weighted by Crippen LogP contribution is 2.34. The average Bonchev–Trinajstić information content (AvgIpc) is 3.24. The van der Waals surface area contributed by atoms with Crippen LogP contribution in [0.3, 0.4) is 0 Å². The third-order valence-corrected chi connectivity index (χ3v) is 4.64. The van der Waals surface area contributed by atoms with Crippen molar-refractivity contribution in [2.45, 2.75) is 38.1 Å². The lowest BCUT2D eigenvalue weighted by Crippen LogP contribution is -2.11. The van der Waals surface area contributed by atoms with E-state index >= 15 is 0 Å². The normalized spacial score (nSPS) is 15.3. The van der Waals surface area contributed by atoms with Crippen LogP contribution in [0.15, 0.2) is 36.8 Å². The largest absolute Gasteiger partial charge is 0.366 e. The summed E-state index contributed by atoms with van der Waals surface area (Å²) in [6.45, 7) is 0.732. The van der Waals surface area contributed by atoms with Gasteiger partial charge >= 0.3 is 0 Å². The zero-order valence-electron chi connectivity index (χ0n) is 13.4. The Hall–Kier alpha value is -2.37. The first kappa shape index (κ1) is 14.2. The first-order chi connectivity index (χ1) is 11.3. The molecule has 3 aromatic rings. The van der Waals surface area contributed by atoms with Crippen LogP contribution < -0.4 is 10.8 Å². The number of pyridine rings is 1. The van der Waals surface area contributed by atoms with Gasteiger partial charge in [0.2, 0.25) is 0 Å². The number of anilines is 1. The summed E-state index contributed by atoms with van der Waals surface area (Å²) < 4.78 is 1.91. The van der Waals surface area contributed by atoms with E-state index in [0.717, 1.165) is 29.0 Å². The first-order valence-electron chi connectivity index (χ1n) is 8.29. The summed E-state index contributed by atoms with van der Waals surface area (Å²) in [5.41, 5.74) is 4.44. The van der Waals surface area contributed by atoms with Crippen molar-refractivity contribution in [2.75, 3.05) is 5.32 Å². The maximum Gasteiger partial charge on any atom is 0.151 e. The van der Waals surface area contributed by atoms with Crippen LogP contribution in [0.25, 0.3) is 5.65 Å². The molecule has 0 bridgehead atoms. The zero-order valence-corrected chi connectivity index (χ0v) is 13.4. The molecule has 3 heterocycles. The highest BCUT2D eigenvalue weighted by atomic mass is 15.3. The minimum atomic E-state index is 0.591. The van der Waals surface area contributed by atoms with Crippen LogP contribution >= 0.6 is 0 Å². The van der Waals surface area contributed by atoms with Gasteiger partial charge in [0.15, 0.2) is 5.65 Å². The Kier molecular flexibility index (Phi) is 3.73. The molecule has 0 radical (unpaired) electrons. The lowest BCUT2D eigenvalue weighted by Gasteiger charge is -2.14. The Morgan fingerprint density at radius 3 is 2.91 bits per heavy atom. The van der Waals surface area contributed by atoms with Crippen LogP contribution in [-0.2, 0) is 6.54 Å². The second-order valence-corrected chi connectivity index (χ2v) is 6.33. The van der Waals surface area contributed by atoms with Crippen molar-refractivity contribution in [1.82, 2.24) is 19.6 Å². The van der Waals surface area contributed by atoms with E-state index in [2.05, 4.69) is 35.4 Å². The molecule has 5 nitrogen and oxygen atoms in total. The predicted molar refractivity (Wildman–Crippen MR) is 93.9 cm³/mol. The third-order valence-electron chi connectivity index (χ3n) is 4.64. The fraction of sp³-hybridized carbons (Fsp3) is 0.353. The Morgan fingerprint density at radius 1 is 1.26 bits per heavy atom. The van der Waals surface area contributed by atoms with E-state index in [4.69, 9.17) is 4.98 Å². The van der Waals surface area contributed by atoms with Crippen LogP contribution in [0.4, 0.5) is 5.82 Å². The highest BCUT2D eigenvalue weighted by molar-refractivity contribution is 6.36. The van der Waals surface area contributed by atoms with Gasteiger partial charge in [0.25, 0.3) is 0 Å². The number of hydrogen-bond donors (Lipinski definition) is 1. The minimum Gasteiger partial charge on any atom is -0.366 e. The number of nitrogens with one attached hydrogen (secondary N) is 1. The van der Waals surface area contributed by atoms with Gasteiger partial charge in [-0.05, 0) is 29.9 Å². The summed E-state index contributed by atoms with van der Waals surface area (Å²) in [5.74, 6) is 1.60. The SMILES string of the molecule is Bc1cnn2c(NCc3cccnc3)cc(C3CCCC3)nc12. The predicted octanol–water partition coefficient (Wildman–Crippen LogP) is 1.65. The molecule has 1 saturated carbocycles. The van der Waals surface area contributed by atoms with Gasteiger partial charge in [0.05, 0.1) is 0 Å². The van der Waals surface area contributed by atoms with E-state index in [-0.39, 0.29) is 0 Å². The molecule has 1 fully saturated rings. The van der Waals surface area contributed by atoms with E-state index in [0.29, 0.717) is 5.92 Å². The van der Waals surface area contributed by atoms with Gasteiger partial charge in [-0.25, -0.2) is 4.98 Å². The Morgan fingerprint density at radius 2 is 2.13 bits per heavy atom. The molecule has 0 aliphatic heterocycles. The van der Waals surface area contributed by atoms with Crippen LogP contribution in [0.2, 0.25) is 0 Å². The van der Waals surface area contributed by atoms with Crippen molar-refractivity contribution in [2.24, 2.45) is 0 Å². The molecule has 6 heteroatoms. The Bertz CT molecular complexity index is 808. The number of rotatable bonds is 4. The number of hydrogen-bond acceptors (Lipinski definition) is 4. The van der Waals surface area contributed by atoms with Gasteiger partial charge in [-0.1, -0.05) is 18.9 Å². The fourth-order valence-electron chi connectivity index (χ4n) is 3.34. The lowest BCUT2D eigenvalue weighted by atomic mass is 9.99.